The Morgan fingerprint density at radius 2 is 1.40 bits per heavy atom. The molecule has 2 rings (SSSR count). The van der Waals surface area contributed by atoms with Crippen molar-refractivity contribution >= 4 is 6.29 Å². The Morgan fingerprint density at radius 3 is 1.90 bits per heavy atom. The number of alkyl halides is 2. The van der Waals surface area contributed by atoms with E-state index in [1.165, 1.54) is 24.3 Å². The van der Waals surface area contributed by atoms with Gasteiger partial charge in [0, 0.05) is 6.42 Å². The second-order valence-corrected chi connectivity index (χ2v) is 3.97. The summed E-state index contributed by atoms with van der Waals surface area (Å²) in [4.78, 5) is 10.4. The summed E-state index contributed by atoms with van der Waals surface area (Å²) in [5, 5.41) is 0. The van der Waals surface area contributed by atoms with Crippen molar-refractivity contribution in [2.24, 2.45) is 0 Å². The van der Waals surface area contributed by atoms with Crippen molar-refractivity contribution in [3.05, 3.63) is 54.1 Å². The van der Waals surface area contributed by atoms with Crippen LogP contribution in [-0.4, -0.2) is 12.9 Å². The Kier molecular flexibility index (Phi) is 4.65. The summed E-state index contributed by atoms with van der Waals surface area (Å²) in [6.45, 7) is -2.84. The molecule has 0 radical (unpaired) electrons. The summed E-state index contributed by atoms with van der Waals surface area (Å²) in [6.07, 6.45) is 1.19. The highest BCUT2D eigenvalue weighted by molar-refractivity contribution is 5.55. The largest absolute Gasteiger partial charge is 0.457 e. The zero-order chi connectivity index (χ0) is 14.4. The average molecular weight is 278 g/mol. The molecule has 0 fully saturated rings. The number of halogens is 2. The van der Waals surface area contributed by atoms with Crippen LogP contribution < -0.4 is 9.47 Å². The number of carbonyl (C=O) groups is 1. The molecule has 2 aromatic rings. The van der Waals surface area contributed by atoms with Crippen LogP contribution in [0.25, 0.3) is 0 Å². The minimum atomic E-state index is -2.84. The number of carbonyl (C=O) groups excluding carboxylic acids is 1. The fourth-order valence-corrected chi connectivity index (χ4v) is 1.62. The van der Waals surface area contributed by atoms with E-state index < -0.39 is 6.61 Å². The molecule has 104 valence electrons. The Labute approximate surface area is 114 Å². The Balaban J connectivity index is 2.00. The fourth-order valence-electron chi connectivity index (χ4n) is 1.62. The zero-order valence-corrected chi connectivity index (χ0v) is 10.5. The first-order chi connectivity index (χ1) is 9.67. The predicted octanol–water partition coefficient (Wildman–Crippen LogP) is 3.82. The van der Waals surface area contributed by atoms with Gasteiger partial charge in [-0.05, 0) is 42.0 Å². The van der Waals surface area contributed by atoms with Gasteiger partial charge in [0.25, 0.3) is 0 Å². The van der Waals surface area contributed by atoms with E-state index in [-0.39, 0.29) is 5.75 Å². The summed E-state index contributed by atoms with van der Waals surface area (Å²) in [7, 11) is 0. The second kappa shape index (κ2) is 6.65. The third-order valence-corrected chi connectivity index (χ3v) is 2.53. The van der Waals surface area contributed by atoms with Crippen LogP contribution in [0.2, 0.25) is 0 Å². The lowest BCUT2D eigenvalue weighted by molar-refractivity contribution is -0.107. The van der Waals surface area contributed by atoms with E-state index in [1.807, 2.05) is 0 Å². The summed E-state index contributed by atoms with van der Waals surface area (Å²) in [5.74, 6) is 1.19. The van der Waals surface area contributed by atoms with Gasteiger partial charge in [-0.1, -0.05) is 12.1 Å². The Morgan fingerprint density at radius 1 is 0.900 bits per heavy atom. The van der Waals surface area contributed by atoms with Gasteiger partial charge in [0.1, 0.15) is 23.5 Å². The number of ether oxygens (including phenoxy) is 2. The highest BCUT2D eigenvalue weighted by Gasteiger charge is 2.04. The molecule has 0 aliphatic rings. The van der Waals surface area contributed by atoms with E-state index >= 15 is 0 Å². The third kappa shape index (κ3) is 4.05. The standard InChI is InChI=1S/C15H12F2O3/c16-15(17)20-14-7-5-13(6-8-14)19-12-3-1-11(2-4-12)9-10-18/h1-8,10,15H,9H2. The first-order valence-electron chi connectivity index (χ1n) is 5.92. The van der Waals surface area contributed by atoms with Crippen LogP contribution in [0, 0.1) is 0 Å². The molecule has 0 unspecified atom stereocenters. The van der Waals surface area contributed by atoms with Gasteiger partial charge in [-0.15, -0.1) is 0 Å². The average Bonchev–Trinajstić information content (AvgIpc) is 2.43. The van der Waals surface area contributed by atoms with Crippen LogP contribution in [-0.2, 0) is 11.2 Å². The third-order valence-electron chi connectivity index (χ3n) is 2.53. The lowest BCUT2D eigenvalue weighted by Gasteiger charge is -2.08. The minimum absolute atomic E-state index is 0.0775. The second-order valence-electron chi connectivity index (χ2n) is 3.97. The molecule has 0 bridgehead atoms. The molecule has 0 atom stereocenters. The monoisotopic (exact) mass is 278 g/mol. The van der Waals surface area contributed by atoms with Crippen molar-refractivity contribution in [1.29, 1.82) is 0 Å². The molecule has 0 N–H and O–H groups in total. The molecule has 0 saturated heterocycles. The molecular weight excluding hydrogens is 266 g/mol. The maximum atomic E-state index is 12.0. The molecule has 0 spiro atoms. The molecule has 5 heteroatoms. The van der Waals surface area contributed by atoms with Crippen molar-refractivity contribution in [3.63, 3.8) is 0 Å². The van der Waals surface area contributed by atoms with Crippen molar-refractivity contribution in [2.45, 2.75) is 13.0 Å². The molecular formula is C15H12F2O3. The topological polar surface area (TPSA) is 35.5 Å². The molecule has 0 amide bonds. The molecule has 0 saturated carbocycles. The molecule has 0 aliphatic heterocycles. The maximum Gasteiger partial charge on any atom is 0.387 e. The zero-order valence-electron chi connectivity index (χ0n) is 10.5. The van der Waals surface area contributed by atoms with Crippen LogP contribution in [0.3, 0.4) is 0 Å². The van der Waals surface area contributed by atoms with Gasteiger partial charge in [-0.3, -0.25) is 0 Å². The van der Waals surface area contributed by atoms with Gasteiger partial charge in [-0.2, -0.15) is 8.78 Å². The Bertz CT molecular complexity index is 550. The van der Waals surface area contributed by atoms with E-state index in [9.17, 15) is 13.6 Å². The SMILES string of the molecule is O=CCc1ccc(Oc2ccc(OC(F)F)cc2)cc1. The van der Waals surface area contributed by atoms with Gasteiger partial charge in [-0.25, -0.2) is 0 Å². The molecule has 3 nitrogen and oxygen atoms in total. The van der Waals surface area contributed by atoms with Crippen LogP contribution in [0.1, 0.15) is 5.56 Å². The maximum absolute atomic E-state index is 12.0. The van der Waals surface area contributed by atoms with Crippen molar-refractivity contribution in [3.8, 4) is 17.2 Å². The summed E-state index contributed by atoms with van der Waals surface area (Å²) in [6, 6.07) is 12.9. The summed E-state index contributed by atoms with van der Waals surface area (Å²) >= 11 is 0. The van der Waals surface area contributed by atoms with E-state index in [0.717, 1.165) is 11.8 Å². The van der Waals surface area contributed by atoms with Gasteiger partial charge in [0.05, 0.1) is 0 Å². The first kappa shape index (κ1) is 14.0. The molecule has 20 heavy (non-hydrogen) atoms. The smallest absolute Gasteiger partial charge is 0.387 e. The number of hydrogen-bond donors (Lipinski definition) is 0. The van der Waals surface area contributed by atoms with Crippen LogP contribution in [0.5, 0.6) is 17.2 Å². The minimum Gasteiger partial charge on any atom is -0.457 e. The number of aldehydes is 1. The van der Waals surface area contributed by atoms with Gasteiger partial charge in [0.2, 0.25) is 0 Å². The van der Waals surface area contributed by atoms with Crippen LogP contribution >= 0.6 is 0 Å². The van der Waals surface area contributed by atoms with Gasteiger partial charge >= 0.3 is 6.61 Å². The van der Waals surface area contributed by atoms with Crippen molar-refractivity contribution in [2.75, 3.05) is 0 Å². The van der Waals surface area contributed by atoms with E-state index in [1.54, 1.807) is 24.3 Å². The normalized spacial score (nSPS) is 10.3. The quantitative estimate of drug-likeness (QED) is 0.753. The predicted molar refractivity (Wildman–Crippen MR) is 69.4 cm³/mol. The molecule has 2 aromatic carbocycles. The highest BCUT2D eigenvalue weighted by Crippen LogP contribution is 2.24. The number of hydrogen-bond acceptors (Lipinski definition) is 3. The van der Waals surface area contributed by atoms with E-state index in [4.69, 9.17) is 4.74 Å². The van der Waals surface area contributed by atoms with Crippen LogP contribution in [0.4, 0.5) is 8.78 Å². The highest BCUT2D eigenvalue weighted by atomic mass is 19.3. The first-order valence-corrected chi connectivity index (χ1v) is 5.92. The van der Waals surface area contributed by atoms with Crippen molar-refractivity contribution in [1.82, 2.24) is 0 Å². The molecule has 0 heterocycles. The molecule has 0 aromatic heterocycles. The van der Waals surface area contributed by atoms with Crippen molar-refractivity contribution < 1.29 is 23.0 Å². The van der Waals surface area contributed by atoms with E-state index in [0.29, 0.717) is 17.9 Å². The lowest BCUT2D eigenvalue weighted by Crippen LogP contribution is -2.01. The molecule has 0 aliphatic carbocycles. The van der Waals surface area contributed by atoms with E-state index in [2.05, 4.69) is 4.74 Å². The Hall–Kier alpha value is -2.43. The number of rotatable bonds is 6. The van der Waals surface area contributed by atoms with Gasteiger partial charge in [0.15, 0.2) is 0 Å². The van der Waals surface area contributed by atoms with Gasteiger partial charge < -0.3 is 14.3 Å². The lowest BCUT2D eigenvalue weighted by atomic mass is 10.2. The summed E-state index contributed by atoms with van der Waals surface area (Å²) < 4.78 is 33.8. The van der Waals surface area contributed by atoms with Crippen LogP contribution in [0.15, 0.2) is 48.5 Å². The summed E-state index contributed by atoms with van der Waals surface area (Å²) in [5.41, 5.74) is 0.896. The fraction of sp³-hybridized carbons (Fsp3) is 0.133. The number of benzene rings is 2.